The Balaban J connectivity index is 1.94. The fourth-order valence-electron chi connectivity index (χ4n) is 4.03. The molecule has 1 nitrogen and oxygen atoms in total. The zero-order valence-corrected chi connectivity index (χ0v) is 16.2. The van der Waals surface area contributed by atoms with Crippen LogP contribution in [0.25, 0.3) is 16.8 Å². The Kier molecular flexibility index (Phi) is 4.26. The molecule has 1 atom stereocenters. The van der Waals surface area contributed by atoms with Gasteiger partial charge in [0.25, 0.3) is 0 Å². The Bertz CT molecular complexity index is 1090. The molecule has 2 heterocycles. The molecule has 26 heavy (non-hydrogen) atoms. The molecule has 1 aliphatic rings. The number of benzene rings is 2. The van der Waals surface area contributed by atoms with Crippen molar-refractivity contribution in [1.82, 2.24) is 0 Å². The van der Waals surface area contributed by atoms with E-state index in [0.717, 1.165) is 6.42 Å². The van der Waals surface area contributed by atoms with Gasteiger partial charge in [0.1, 0.15) is 7.05 Å². The Morgan fingerprint density at radius 3 is 2.69 bits per heavy atom. The van der Waals surface area contributed by atoms with Crippen molar-refractivity contribution in [3.05, 3.63) is 70.4 Å². The van der Waals surface area contributed by atoms with Crippen molar-refractivity contribution in [3.8, 4) is 11.8 Å². The molecule has 4 rings (SSSR count). The first-order valence-corrected chi connectivity index (χ1v) is 9.78. The van der Waals surface area contributed by atoms with Crippen LogP contribution in [0.15, 0.2) is 60.0 Å². The van der Waals surface area contributed by atoms with Crippen LogP contribution in [0.2, 0.25) is 0 Å². The van der Waals surface area contributed by atoms with E-state index in [1.165, 1.54) is 32.6 Å². The second-order valence-electron chi connectivity index (χ2n) is 6.91. The maximum atomic E-state index is 3.35. The summed E-state index contributed by atoms with van der Waals surface area (Å²) in [6, 6.07) is 17.4. The smallest absolute Gasteiger partial charge is 0.198 e. The van der Waals surface area contributed by atoms with Gasteiger partial charge in [-0.05, 0) is 48.2 Å². The van der Waals surface area contributed by atoms with Crippen molar-refractivity contribution in [2.45, 2.75) is 25.7 Å². The number of nitrogens with zero attached hydrogens (tertiary/aromatic N) is 1. The van der Waals surface area contributed by atoms with Gasteiger partial charge in [0.15, 0.2) is 5.71 Å². The molecule has 128 valence electrons. The summed E-state index contributed by atoms with van der Waals surface area (Å²) in [4.78, 5) is 1.27. The number of rotatable bonds is 3. The van der Waals surface area contributed by atoms with Gasteiger partial charge in [-0.25, -0.2) is 0 Å². The fourth-order valence-corrected chi connectivity index (χ4v) is 4.65. The molecule has 2 heteroatoms. The summed E-state index contributed by atoms with van der Waals surface area (Å²) < 4.78 is 2.34. The molecule has 0 fully saturated rings. The van der Waals surface area contributed by atoms with E-state index in [1.54, 1.807) is 11.3 Å². The average Bonchev–Trinajstić information content (AvgIpc) is 3.25. The van der Waals surface area contributed by atoms with Crippen LogP contribution in [-0.4, -0.2) is 17.3 Å². The molecule has 2 aromatic carbocycles. The third kappa shape index (κ3) is 2.60. The first-order valence-electron chi connectivity index (χ1n) is 8.90. The fraction of sp³-hybridized carbons (Fsp3) is 0.208. The van der Waals surface area contributed by atoms with E-state index in [-0.39, 0.29) is 5.41 Å². The summed E-state index contributed by atoms with van der Waals surface area (Å²) in [6.07, 6.45) is 5.32. The lowest BCUT2D eigenvalue weighted by molar-refractivity contribution is -0.401. The summed E-state index contributed by atoms with van der Waals surface area (Å²) in [6.45, 7) is 4.26. The van der Waals surface area contributed by atoms with Gasteiger partial charge >= 0.3 is 0 Å². The Labute approximate surface area is 159 Å². The molecular formula is C24H22NS+. The number of thiophene rings is 1. The largest absolute Gasteiger partial charge is 0.210 e. The van der Waals surface area contributed by atoms with Crippen LogP contribution < -0.4 is 0 Å². The molecule has 0 N–H and O–H groups in total. The topological polar surface area (TPSA) is 3.01 Å². The molecule has 0 saturated carbocycles. The molecule has 0 spiro atoms. The third-order valence-corrected chi connectivity index (χ3v) is 6.15. The molecule has 1 aromatic heterocycles. The van der Waals surface area contributed by atoms with Crippen molar-refractivity contribution in [2.75, 3.05) is 7.05 Å². The van der Waals surface area contributed by atoms with Crippen LogP contribution >= 0.6 is 11.3 Å². The molecule has 0 aliphatic carbocycles. The zero-order valence-electron chi connectivity index (χ0n) is 15.4. The summed E-state index contributed by atoms with van der Waals surface area (Å²) in [5, 5.41) is 4.74. The zero-order chi connectivity index (χ0) is 18.1. The van der Waals surface area contributed by atoms with Crippen molar-refractivity contribution >= 4 is 39.6 Å². The van der Waals surface area contributed by atoms with Crippen molar-refractivity contribution < 1.29 is 4.58 Å². The molecule has 0 bridgehead atoms. The second kappa shape index (κ2) is 6.59. The standard InChI is InChI=1S/C24H22NS/c1-4-5-16-24(2)22(15-13-19-10-8-17-26-19)25(3)21-14-12-18-9-6-7-11-20(18)23(21)24/h6-15,17H,16H2,1-3H3/q+1/b15-13+. The molecule has 0 amide bonds. The van der Waals surface area contributed by atoms with E-state index in [0.29, 0.717) is 0 Å². The lowest BCUT2D eigenvalue weighted by atomic mass is 9.75. The number of hydrogen-bond acceptors (Lipinski definition) is 1. The molecule has 0 radical (unpaired) electrons. The van der Waals surface area contributed by atoms with Crippen LogP contribution in [0.3, 0.4) is 0 Å². The number of hydrogen-bond donors (Lipinski definition) is 0. The van der Waals surface area contributed by atoms with Crippen LogP contribution in [-0.2, 0) is 5.41 Å². The number of fused-ring (bicyclic) bond motifs is 3. The van der Waals surface area contributed by atoms with Crippen LogP contribution in [0.1, 0.15) is 30.7 Å². The molecular weight excluding hydrogens is 334 g/mol. The Hall–Kier alpha value is -2.63. The van der Waals surface area contributed by atoms with Gasteiger partial charge in [-0.1, -0.05) is 30.3 Å². The second-order valence-corrected chi connectivity index (χ2v) is 7.89. The minimum Gasteiger partial charge on any atom is -0.198 e. The highest BCUT2D eigenvalue weighted by molar-refractivity contribution is 7.10. The summed E-state index contributed by atoms with van der Waals surface area (Å²) >= 11 is 1.77. The molecule has 1 aliphatic heterocycles. The molecule has 0 saturated heterocycles. The van der Waals surface area contributed by atoms with Gasteiger partial charge in [0.2, 0.25) is 5.69 Å². The lowest BCUT2D eigenvalue weighted by Crippen LogP contribution is -2.30. The third-order valence-electron chi connectivity index (χ3n) is 5.31. The minimum absolute atomic E-state index is 0.123. The Morgan fingerprint density at radius 1 is 1.08 bits per heavy atom. The quantitative estimate of drug-likeness (QED) is 0.399. The van der Waals surface area contributed by atoms with E-state index in [4.69, 9.17) is 0 Å². The normalized spacial score (nSPS) is 19.0. The van der Waals surface area contributed by atoms with Gasteiger partial charge < -0.3 is 0 Å². The van der Waals surface area contributed by atoms with Crippen LogP contribution in [0, 0.1) is 11.8 Å². The molecule has 3 aromatic rings. The van der Waals surface area contributed by atoms with Crippen molar-refractivity contribution in [1.29, 1.82) is 0 Å². The maximum Gasteiger partial charge on any atom is 0.210 e. The number of allylic oxidation sites excluding steroid dienone is 1. The van der Waals surface area contributed by atoms with Gasteiger partial charge in [0.05, 0.1) is 5.41 Å². The maximum absolute atomic E-state index is 3.35. The van der Waals surface area contributed by atoms with Crippen molar-refractivity contribution in [3.63, 3.8) is 0 Å². The summed E-state index contributed by atoms with van der Waals surface area (Å²) in [5.74, 6) is 6.45. The SMILES string of the molecule is CC#CCC1(C)C(/C=C/c2cccs2)=[N+](C)c2ccc3ccccc3c21. The lowest BCUT2D eigenvalue weighted by Gasteiger charge is -2.21. The van der Waals surface area contributed by atoms with Crippen molar-refractivity contribution in [2.24, 2.45) is 0 Å². The minimum atomic E-state index is -0.123. The summed E-state index contributed by atoms with van der Waals surface area (Å²) in [7, 11) is 2.17. The highest BCUT2D eigenvalue weighted by Crippen LogP contribution is 2.45. The monoisotopic (exact) mass is 356 g/mol. The van der Waals surface area contributed by atoms with Gasteiger partial charge in [-0.3, -0.25) is 0 Å². The summed E-state index contributed by atoms with van der Waals surface area (Å²) in [5.41, 5.74) is 3.86. The van der Waals surface area contributed by atoms with E-state index in [1.807, 2.05) is 6.92 Å². The van der Waals surface area contributed by atoms with E-state index in [2.05, 4.69) is 96.5 Å². The highest BCUT2D eigenvalue weighted by atomic mass is 32.1. The van der Waals surface area contributed by atoms with E-state index >= 15 is 0 Å². The average molecular weight is 357 g/mol. The van der Waals surface area contributed by atoms with Gasteiger partial charge in [-0.15, -0.1) is 23.2 Å². The first-order chi connectivity index (χ1) is 12.6. The van der Waals surface area contributed by atoms with Crippen LogP contribution in [0.4, 0.5) is 5.69 Å². The predicted molar refractivity (Wildman–Crippen MR) is 114 cm³/mol. The van der Waals surface area contributed by atoms with Gasteiger partial charge in [0, 0.05) is 29.0 Å². The van der Waals surface area contributed by atoms with E-state index in [9.17, 15) is 0 Å². The predicted octanol–water partition coefficient (Wildman–Crippen LogP) is 6.01. The van der Waals surface area contributed by atoms with Gasteiger partial charge in [-0.2, -0.15) is 4.58 Å². The van der Waals surface area contributed by atoms with E-state index < -0.39 is 0 Å². The van der Waals surface area contributed by atoms with Crippen LogP contribution in [0.5, 0.6) is 0 Å². The first kappa shape index (κ1) is 16.8. The molecule has 1 unspecified atom stereocenters. The highest BCUT2D eigenvalue weighted by Gasteiger charge is 2.47. The Morgan fingerprint density at radius 2 is 1.92 bits per heavy atom.